The first-order valence-corrected chi connectivity index (χ1v) is 9.04. The van der Waals surface area contributed by atoms with Crippen LogP contribution in [0.4, 0.5) is 0 Å². The summed E-state index contributed by atoms with van der Waals surface area (Å²) < 4.78 is 0. The number of hydrogen-bond donors (Lipinski definition) is 1. The molecule has 1 N–H and O–H groups in total. The predicted molar refractivity (Wildman–Crippen MR) is 88.9 cm³/mol. The first-order valence-electron chi connectivity index (χ1n) is 7.07. The molecule has 2 aromatic heterocycles. The van der Waals surface area contributed by atoms with E-state index in [9.17, 15) is 0 Å². The molecule has 3 aromatic rings. The molecule has 0 unspecified atom stereocenters. The van der Waals surface area contributed by atoms with Crippen LogP contribution in [-0.2, 0) is 12.2 Å². The van der Waals surface area contributed by atoms with Gasteiger partial charge in [-0.1, -0.05) is 23.9 Å². The zero-order valence-corrected chi connectivity index (χ0v) is 13.1. The van der Waals surface area contributed by atoms with Gasteiger partial charge in [0, 0.05) is 16.8 Å². The van der Waals surface area contributed by atoms with Crippen LogP contribution in [0.1, 0.15) is 17.7 Å². The monoisotopic (exact) mass is 313 g/mol. The van der Waals surface area contributed by atoms with Gasteiger partial charge < -0.3 is 4.98 Å². The van der Waals surface area contributed by atoms with Crippen molar-refractivity contribution in [1.82, 2.24) is 15.0 Å². The number of thioether (sulfide) groups is 2. The first-order chi connectivity index (χ1) is 10.4. The fourth-order valence-electron chi connectivity index (χ4n) is 2.61. The maximum Gasteiger partial charge on any atom is 0.166 e. The fraction of sp³-hybridized carbons (Fsp3) is 0.250. The van der Waals surface area contributed by atoms with Crippen molar-refractivity contribution in [2.45, 2.75) is 28.6 Å². The predicted octanol–water partition coefficient (Wildman–Crippen LogP) is 4.29. The third-order valence-electron chi connectivity index (χ3n) is 3.64. The van der Waals surface area contributed by atoms with Crippen LogP contribution in [0, 0.1) is 0 Å². The summed E-state index contributed by atoms with van der Waals surface area (Å²) in [6.07, 6.45) is 4.35. The van der Waals surface area contributed by atoms with E-state index in [1.54, 1.807) is 11.8 Å². The molecule has 1 aromatic carbocycles. The first kappa shape index (κ1) is 13.2. The smallest absolute Gasteiger partial charge is 0.166 e. The number of imidazole rings is 1. The molecule has 4 rings (SSSR count). The Labute approximate surface area is 132 Å². The van der Waals surface area contributed by atoms with Crippen LogP contribution in [0.15, 0.2) is 46.6 Å². The second-order valence-electron chi connectivity index (χ2n) is 5.03. The number of benzene rings is 1. The molecule has 1 aliphatic rings. The molecule has 0 spiro atoms. The molecular weight excluding hydrogens is 298 g/mol. The lowest BCUT2D eigenvalue weighted by Crippen LogP contribution is -2.04. The standard InChI is InChI=1S/C16H15N3S2/c1-2-6-13-12(5-1)18-16(19-13)21-10-14-11-4-3-9-20-15(11)7-8-17-14/h1-2,5-8H,3-4,9-10H2,(H,18,19). The lowest BCUT2D eigenvalue weighted by Gasteiger charge is -2.17. The molecule has 0 radical (unpaired) electrons. The molecular formula is C16H15N3S2. The Balaban J connectivity index is 1.56. The summed E-state index contributed by atoms with van der Waals surface area (Å²) in [5.74, 6) is 2.11. The van der Waals surface area contributed by atoms with Gasteiger partial charge in [0.05, 0.1) is 16.7 Å². The van der Waals surface area contributed by atoms with Gasteiger partial charge in [-0.25, -0.2) is 4.98 Å². The summed E-state index contributed by atoms with van der Waals surface area (Å²) in [6, 6.07) is 10.3. The molecule has 0 amide bonds. The summed E-state index contributed by atoms with van der Waals surface area (Å²) in [4.78, 5) is 14.0. The second kappa shape index (κ2) is 5.73. The Kier molecular flexibility index (Phi) is 3.61. The van der Waals surface area contributed by atoms with Crippen LogP contribution in [0.5, 0.6) is 0 Å². The molecule has 0 bridgehead atoms. The molecule has 3 nitrogen and oxygen atoms in total. The number of aromatic nitrogens is 3. The number of nitrogens with one attached hydrogen (secondary N) is 1. The number of H-pyrrole nitrogens is 1. The zero-order chi connectivity index (χ0) is 14.1. The van der Waals surface area contributed by atoms with E-state index in [-0.39, 0.29) is 0 Å². The molecule has 5 heteroatoms. The topological polar surface area (TPSA) is 41.6 Å². The van der Waals surface area contributed by atoms with Gasteiger partial charge >= 0.3 is 0 Å². The van der Waals surface area contributed by atoms with Crippen molar-refractivity contribution in [3.8, 4) is 0 Å². The molecule has 0 saturated carbocycles. The van der Waals surface area contributed by atoms with Gasteiger partial charge in [-0.15, -0.1) is 11.8 Å². The van der Waals surface area contributed by atoms with Crippen molar-refractivity contribution in [2.75, 3.05) is 5.75 Å². The van der Waals surface area contributed by atoms with E-state index >= 15 is 0 Å². The minimum absolute atomic E-state index is 0.879. The van der Waals surface area contributed by atoms with Crippen LogP contribution < -0.4 is 0 Å². The summed E-state index contributed by atoms with van der Waals surface area (Å²) in [5, 5.41) is 0.971. The summed E-state index contributed by atoms with van der Waals surface area (Å²) >= 11 is 3.69. The Bertz CT molecular complexity index is 749. The third-order valence-corrected chi connectivity index (χ3v) is 5.71. The van der Waals surface area contributed by atoms with Crippen molar-refractivity contribution >= 4 is 34.6 Å². The fourth-order valence-corrected chi connectivity index (χ4v) is 4.54. The van der Waals surface area contributed by atoms with E-state index in [0.717, 1.165) is 28.4 Å². The number of para-hydroxylation sites is 2. The number of fused-ring (bicyclic) bond motifs is 2. The quantitative estimate of drug-likeness (QED) is 0.732. The highest BCUT2D eigenvalue weighted by Gasteiger charge is 2.15. The normalized spacial score (nSPS) is 14.3. The van der Waals surface area contributed by atoms with Crippen LogP contribution >= 0.6 is 23.5 Å². The lowest BCUT2D eigenvalue weighted by atomic mass is 10.1. The minimum Gasteiger partial charge on any atom is -0.333 e. The average molecular weight is 313 g/mol. The number of nitrogens with zero attached hydrogens (tertiary/aromatic N) is 2. The highest BCUT2D eigenvalue weighted by molar-refractivity contribution is 7.99. The van der Waals surface area contributed by atoms with Crippen molar-refractivity contribution in [3.63, 3.8) is 0 Å². The lowest BCUT2D eigenvalue weighted by molar-refractivity contribution is 0.858. The molecule has 0 fully saturated rings. The Hall–Kier alpha value is -1.46. The average Bonchev–Trinajstić information content (AvgIpc) is 2.96. The van der Waals surface area contributed by atoms with Crippen LogP contribution in [0.2, 0.25) is 0 Å². The molecule has 21 heavy (non-hydrogen) atoms. The summed E-state index contributed by atoms with van der Waals surface area (Å²) in [6.45, 7) is 0. The highest BCUT2D eigenvalue weighted by Crippen LogP contribution is 2.33. The molecule has 106 valence electrons. The summed E-state index contributed by atoms with van der Waals surface area (Å²) in [7, 11) is 0. The maximum absolute atomic E-state index is 4.61. The highest BCUT2D eigenvalue weighted by atomic mass is 32.2. The van der Waals surface area contributed by atoms with Gasteiger partial charge in [0.1, 0.15) is 0 Å². The Morgan fingerprint density at radius 1 is 1.24 bits per heavy atom. The van der Waals surface area contributed by atoms with Crippen molar-refractivity contribution < 1.29 is 0 Å². The van der Waals surface area contributed by atoms with Gasteiger partial charge in [-0.3, -0.25) is 4.98 Å². The van der Waals surface area contributed by atoms with Gasteiger partial charge in [-0.05, 0) is 42.4 Å². The third kappa shape index (κ3) is 2.68. The number of aromatic amines is 1. The van der Waals surface area contributed by atoms with E-state index in [0.29, 0.717) is 0 Å². The molecule has 0 aliphatic carbocycles. The Morgan fingerprint density at radius 2 is 2.19 bits per heavy atom. The maximum atomic E-state index is 4.61. The molecule has 1 aliphatic heterocycles. The molecule has 3 heterocycles. The largest absolute Gasteiger partial charge is 0.333 e. The van der Waals surface area contributed by atoms with E-state index in [1.807, 2.05) is 36.2 Å². The minimum atomic E-state index is 0.879. The van der Waals surface area contributed by atoms with Gasteiger partial charge in [0.2, 0.25) is 0 Å². The number of hydrogen-bond acceptors (Lipinski definition) is 4. The number of rotatable bonds is 3. The van der Waals surface area contributed by atoms with Crippen molar-refractivity contribution in [1.29, 1.82) is 0 Å². The van der Waals surface area contributed by atoms with Gasteiger partial charge in [0.25, 0.3) is 0 Å². The van der Waals surface area contributed by atoms with E-state index in [4.69, 9.17) is 0 Å². The van der Waals surface area contributed by atoms with Gasteiger partial charge in [-0.2, -0.15) is 0 Å². The molecule has 0 atom stereocenters. The second-order valence-corrected chi connectivity index (χ2v) is 7.13. The van der Waals surface area contributed by atoms with Crippen LogP contribution in [-0.4, -0.2) is 20.7 Å². The van der Waals surface area contributed by atoms with Crippen LogP contribution in [0.3, 0.4) is 0 Å². The van der Waals surface area contributed by atoms with E-state index in [1.165, 1.54) is 28.3 Å². The van der Waals surface area contributed by atoms with Crippen molar-refractivity contribution in [3.05, 3.63) is 47.8 Å². The SMILES string of the molecule is c1ccc2[nH]c(SCc3nccc4c3CCCS4)nc2c1. The van der Waals surface area contributed by atoms with Gasteiger partial charge in [0.15, 0.2) is 5.16 Å². The Morgan fingerprint density at radius 3 is 3.14 bits per heavy atom. The zero-order valence-electron chi connectivity index (χ0n) is 11.5. The van der Waals surface area contributed by atoms with Crippen LogP contribution in [0.25, 0.3) is 11.0 Å². The molecule has 0 saturated heterocycles. The van der Waals surface area contributed by atoms with E-state index in [2.05, 4.69) is 27.1 Å². The van der Waals surface area contributed by atoms with Crippen molar-refractivity contribution in [2.24, 2.45) is 0 Å². The number of pyridine rings is 1. The summed E-state index contributed by atoms with van der Waals surface area (Å²) in [5.41, 5.74) is 4.78. The van der Waals surface area contributed by atoms with E-state index < -0.39 is 0 Å².